The molecule has 1 aromatic rings. The van der Waals surface area contributed by atoms with E-state index in [0.29, 0.717) is 31.8 Å². The summed E-state index contributed by atoms with van der Waals surface area (Å²) in [6, 6.07) is 3.61. The van der Waals surface area contributed by atoms with Gasteiger partial charge in [-0.25, -0.2) is 12.8 Å². The van der Waals surface area contributed by atoms with Gasteiger partial charge in [-0.05, 0) is 43.9 Å². The normalized spacial score (nSPS) is 20.0. The molecule has 112 valence electrons. The van der Waals surface area contributed by atoms with Gasteiger partial charge in [-0.3, -0.25) is 0 Å². The molecule has 2 rings (SSSR count). The molecule has 2 N–H and O–H groups in total. The zero-order chi connectivity index (χ0) is 14.9. The molecule has 1 fully saturated rings. The van der Waals surface area contributed by atoms with E-state index in [9.17, 15) is 12.8 Å². The molecular weight excluding hydrogens is 303 g/mol. The first-order valence-corrected chi connectivity index (χ1v) is 8.35. The predicted octanol–water partition coefficient (Wildman–Crippen LogP) is 2.23. The monoisotopic (exact) mass is 320 g/mol. The molecule has 1 aromatic carbocycles. The summed E-state index contributed by atoms with van der Waals surface area (Å²) in [4.78, 5) is -0.357. The summed E-state index contributed by atoms with van der Waals surface area (Å²) in [5.74, 6) is -0.464. The number of nitrogens with two attached hydrogens (primary N) is 1. The third-order valence-electron chi connectivity index (χ3n) is 3.75. The minimum atomic E-state index is -3.83. The molecule has 1 atom stereocenters. The molecule has 1 heterocycles. The number of rotatable bonds is 3. The second kappa shape index (κ2) is 5.97. The molecule has 4 nitrogen and oxygen atoms in total. The molecule has 20 heavy (non-hydrogen) atoms. The zero-order valence-electron chi connectivity index (χ0n) is 11.2. The van der Waals surface area contributed by atoms with E-state index in [2.05, 4.69) is 0 Å². The molecule has 7 heteroatoms. The summed E-state index contributed by atoms with van der Waals surface area (Å²) in [5, 5.41) is 0.204. The summed E-state index contributed by atoms with van der Waals surface area (Å²) < 4.78 is 39.9. The summed E-state index contributed by atoms with van der Waals surface area (Å²) >= 11 is 5.76. The second-order valence-corrected chi connectivity index (χ2v) is 7.52. The Bertz CT molecular complexity index is 584. The number of nitrogens with zero attached hydrogens (tertiary/aromatic N) is 1. The van der Waals surface area contributed by atoms with E-state index in [1.54, 1.807) is 0 Å². The minimum absolute atomic E-state index is 0.0442. The fourth-order valence-electron chi connectivity index (χ4n) is 2.46. The van der Waals surface area contributed by atoms with Crippen molar-refractivity contribution in [2.45, 2.75) is 30.7 Å². The van der Waals surface area contributed by atoms with E-state index in [1.165, 1.54) is 10.4 Å². The summed E-state index contributed by atoms with van der Waals surface area (Å²) in [7, 11) is -3.83. The first-order valence-electron chi connectivity index (χ1n) is 6.53. The van der Waals surface area contributed by atoms with Gasteiger partial charge in [0.05, 0.1) is 0 Å². The van der Waals surface area contributed by atoms with Gasteiger partial charge in [0.2, 0.25) is 10.0 Å². The fourth-order valence-corrected chi connectivity index (χ4v) is 4.25. The van der Waals surface area contributed by atoms with Crippen LogP contribution in [-0.2, 0) is 10.0 Å². The maximum atomic E-state index is 13.7. The van der Waals surface area contributed by atoms with Crippen LogP contribution in [0.4, 0.5) is 4.39 Å². The average molecular weight is 321 g/mol. The van der Waals surface area contributed by atoms with Crippen molar-refractivity contribution >= 4 is 21.6 Å². The van der Waals surface area contributed by atoms with Crippen molar-refractivity contribution in [3.63, 3.8) is 0 Å². The van der Waals surface area contributed by atoms with Gasteiger partial charge in [0.1, 0.15) is 10.7 Å². The van der Waals surface area contributed by atoms with Crippen LogP contribution in [0.1, 0.15) is 19.8 Å². The van der Waals surface area contributed by atoms with Crippen molar-refractivity contribution in [3.8, 4) is 0 Å². The summed E-state index contributed by atoms with van der Waals surface area (Å²) in [5.41, 5.74) is 5.83. The number of sulfonamides is 1. The van der Waals surface area contributed by atoms with Gasteiger partial charge in [-0.15, -0.1) is 0 Å². The van der Waals surface area contributed by atoms with Crippen LogP contribution >= 0.6 is 11.6 Å². The molecule has 0 radical (unpaired) electrons. The van der Waals surface area contributed by atoms with Crippen LogP contribution in [0.2, 0.25) is 5.02 Å². The highest BCUT2D eigenvalue weighted by Gasteiger charge is 2.32. The third-order valence-corrected chi connectivity index (χ3v) is 5.90. The molecule has 1 aliphatic heterocycles. The highest BCUT2D eigenvalue weighted by atomic mass is 35.5. The third kappa shape index (κ3) is 3.14. The number of hydrogen-bond donors (Lipinski definition) is 1. The molecule has 0 spiro atoms. The van der Waals surface area contributed by atoms with Gasteiger partial charge >= 0.3 is 0 Å². The standard InChI is InChI=1S/C13H18ClFN2O2S/c1-9(16)10-4-6-17(7-5-10)20(18,19)13-8-11(14)2-3-12(13)15/h2-3,8-10H,4-7,16H2,1H3. The SMILES string of the molecule is CC(N)C1CCN(S(=O)(=O)c2cc(Cl)ccc2F)CC1. The van der Waals surface area contributed by atoms with E-state index in [1.807, 2.05) is 6.92 Å². The minimum Gasteiger partial charge on any atom is -0.328 e. The number of hydrogen-bond acceptors (Lipinski definition) is 3. The molecule has 0 amide bonds. The molecule has 0 saturated carbocycles. The highest BCUT2D eigenvalue weighted by molar-refractivity contribution is 7.89. The van der Waals surface area contributed by atoms with Crippen molar-refractivity contribution in [1.82, 2.24) is 4.31 Å². The Morgan fingerprint density at radius 3 is 2.55 bits per heavy atom. The van der Waals surface area contributed by atoms with Crippen LogP contribution in [0.15, 0.2) is 23.1 Å². The first kappa shape index (κ1) is 15.7. The molecule has 1 saturated heterocycles. The van der Waals surface area contributed by atoms with Crippen molar-refractivity contribution in [2.75, 3.05) is 13.1 Å². The Morgan fingerprint density at radius 2 is 2.00 bits per heavy atom. The zero-order valence-corrected chi connectivity index (χ0v) is 12.8. The van der Waals surface area contributed by atoms with E-state index in [4.69, 9.17) is 17.3 Å². The molecule has 1 aliphatic rings. The average Bonchev–Trinajstić information content (AvgIpc) is 2.41. The molecular formula is C13H18ClFN2O2S. The van der Waals surface area contributed by atoms with Gasteiger partial charge in [-0.1, -0.05) is 11.6 Å². The Morgan fingerprint density at radius 1 is 1.40 bits per heavy atom. The lowest BCUT2D eigenvalue weighted by Gasteiger charge is -2.33. The Hall–Kier alpha value is -0.690. The lowest BCUT2D eigenvalue weighted by Crippen LogP contribution is -2.42. The van der Waals surface area contributed by atoms with Gasteiger partial charge in [0, 0.05) is 24.2 Å². The number of halogens is 2. The highest BCUT2D eigenvalue weighted by Crippen LogP contribution is 2.27. The number of piperidine rings is 1. The Labute approximate surface area is 123 Å². The lowest BCUT2D eigenvalue weighted by molar-refractivity contribution is 0.250. The van der Waals surface area contributed by atoms with Crippen LogP contribution in [0, 0.1) is 11.7 Å². The first-order chi connectivity index (χ1) is 9.32. The predicted molar refractivity (Wildman–Crippen MR) is 76.5 cm³/mol. The van der Waals surface area contributed by atoms with E-state index < -0.39 is 15.8 Å². The maximum Gasteiger partial charge on any atom is 0.246 e. The van der Waals surface area contributed by atoms with Crippen LogP contribution in [0.3, 0.4) is 0 Å². The van der Waals surface area contributed by atoms with E-state index >= 15 is 0 Å². The van der Waals surface area contributed by atoms with Crippen molar-refractivity contribution in [2.24, 2.45) is 11.7 Å². The Balaban J connectivity index is 2.22. The van der Waals surface area contributed by atoms with Crippen LogP contribution in [-0.4, -0.2) is 31.9 Å². The number of benzene rings is 1. The lowest BCUT2D eigenvalue weighted by atomic mass is 9.92. The van der Waals surface area contributed by atoms with Crippen molar-refractivity contribution in [3.05, 3.63) is 29.0 Å². The molecule has 1 unspecified atom stereocenters. The van der Waals surface area contributed by atoms with Crippen LogP contribution in [0.25, 0.3) is 0 Å². The second-order valence-electron chi connectivity index (χ2n) is 5.18. The largest absolute Gasteiger partial charge is 0.328 e. The topological polar surface area (TPSA) is 63.4 Å². The van der Waals surface area contributed by atoms with Gasteiger partial charge in [-0.2, -0.15) is 4.31 Å². The van der Waals surface area contributed by atoms with Gasteiger partial charge in [0.15, 0.2) is 0 Å². The van der Waals surface area contributed by atoms with E-state index in [0.717, 1.165) is 12.1 Å². The fraction of sp³-hybridized carbons (Fsp3) is 0.538. The maximum absolute atomic E-state index is 13.7. The van der Waals surface area contributed by atoms with Crippen LogP contribution in [0.5, 0.6) is 0 Å². The van der Waals surface area contributed by atoms with Crippen molar-refractivity contribution in [1.29, 1.82) is 0 Å². The molecule has 0 aliphatic carbocycles. The molecule has 0 aromatic heterocycles. The smallest absolute Gasteiger partial charge is 0.246 e. The summed E-state index contributed by atoms with van der Waals surface area (Å²) in [6.07, 6.45) is 1.39. The molecule has 0 bridgehead atoms. The van der Waals surface area contributed by atoms with Crippen LogP contribution < -0.4 is 5.73 Å². The van der Waals surface area contributed by atoms with E-state index in [-0.39, 0.29) is 16.0 Å². The quantitative estimate of drug-likeness (QED) is 0.929. The van der Waals surface area contributed by atoms with Gasteiger partial charge in [0.25, 0.3) is 0 Å². The van der Waals surface area contributed by atoms with Gasteiger partial charge < -0.3 is 5.73 Å². The Kier molecular flexibility index (Phi) is 4.69. The van der Waals surface area contributed by atoms with Crippen molar-refractivity contribution < 1.29 is 12.8 Å². The summed E-state index contributed by atoms with van der Waals surface area (Å²) in [6.45, 7) is 2.65.